The van der Waals surface area contributed by atoms with E-state index in [0.29, 0.717) is 56.0 Å². The molecule has 9 nitrogen and oxygen atoms in total. The van der Waals surface area contributed by atoms with Crippen LogP contribution in [0.25, 0.3) is 0 Å². The zero-order chi connectivity index (χ0) is 38.5. The molecule has 0 aromatic rings. The standard InChI is InChI=1S/C44H70O9/c1-9-38(6,35(46)52-40(8,28(2)3)41-16-29-14-30(17-41)19-42(48,18-29)26-41)25-39(7,24-37(4,5)34(45)51-33-12-10-11-13-50-33)36(47)53-44-22-31-15-32(23-44)21-43(49,20-31)27-44/h28-33,48-49H,9-27H2,1-8H3. The summed E-state index contributed by atoms with van der Waals surface area (Å²) in [6.07, 6.45) is 12.5. The first-order chi connectivity index (χ1) is 24.6. The second kappa shape index (κ2) is 13.2. The van der Waals surface area contributed by atoms with E-state index >= 15 is 0 Å². The van der Waals surface area contributed by atoms with Crippen LogP contribution >= 0.6 is 0 Å². The normalized spacial score (nSPS) is 42.1. The summed E-state index contributed by atoms with van der Waals surface area (Å²) in [5.41, 5.74) is -6.78. The highest BCUT2D eigenvalue weighted by Crippen LogP contribution is 2.67. The first kappa shape index (κ1) is 39.5. The molecule has 8 aliphatic carbocycles. The van der Waals surface area contributed by atoms with Crippen LogP contribution in [0.3, 0.4) is 0 Å². The second-order valence-electron chi connectivity index (χ2n) is 21.8. The van der Waals surface area contributed by atoms with Crippen molar-refractivity contribution in [2.75, 3.05) is 6.61 Å². The highest BCUT2D eigenvalue weighted by Gasteiger charge is 2.66. The van der Waals surface area contributed by atoms with Gasteiger partial charge in [-0.1, -0.05) is 20.8 Å². The average molecular weight is 743 g/mol. The molecule has 8 atom stereocenters. The molecule has 1 heterocycles. The van der Waals surface area contributed by atoms with Crippen LogP contribution < -0.4 is 0 Å². The van der Waals surface area contributed by atoms with Crippen LogP contribution in [-0.2, 0) is 33.3 Å². The molecule has 2 N–H and O–H groups in total. The fraction of sp³-hybridized carbons (Fsp3) is 0.932. The van der Waals surface area contributed by atoms with E-state index in [-0.39, 0.29) is 30.1 Å². The van der Waals surface area contributed by atoms with Gasteiger partial charge in [-0.05, 0) is 167 Å². The third-order valence-electron chi connectivity index (χ3n) is 16.1. The van der Waals surface area contributed by atoms with Crippen LogP contribution in [0.15, 0.2) is 0 Å². The summed E-state index contributed by atoms with van der Waals surface area (Å²) in [6, 6.07) is 0. The topological polar surface area (TPSA) is 129 Å². The maximum absolute atomic E-state index is 15.0. The Bertz CT molecular complexity index is 1420. The molecule has 9 aliphatic rings. The summed E-state index contributed by atoms with van der Waals surface area (Å²) < 4.78 is 25.2. The Hall–Kier alpha value is -1.71. The zero-order valence-electron chi connectivity index (χ0n) is 34.2. The van der Waals surface area contributed by atoms with E-state index in [1.165, 1.54) is 0 Å². The lowest BCUT2D eigenvalue weighted by Gasteiger charge is -2.65. The minimum atomic E-state index is -1.25. The molecule has 0 amide bonds. The minimum absolute atomic E-state index is 0.0151. The molecule has 1 saturated heterocycles. The highest BCUT2D eigenvalue weighted by atomic mass is 16.7. The van der Waals surface area contributed by atoms with Crippen molar-refractivity contribution in [1.29, 1.82) is 0 Å². The summed E-state index contributed by atoms with van der Waals surface area (Å²) in [6.45, 7) is 16.3. The smallest absolute Gasteiger partial charge is 0.313 e. The Morgan fingerprint density at radius 2 is 1.30 bits per heavy atom. The Labute approximate surface area is 318 Å². The quantitative estimate of drug-likeness (QED) is 0.142. The monoisotopic (exact) mass is 743 g/mol. The second-order valence-corrected chi connectivity index (χ2v) is 21.8. The van der Waals surface area contributed by atoms with E-state index in [1.54, 1.807) is 0 Å². The van der Waals surface area contributed by atoms with Gasteiger partial charge in [-0.2, -0.15) is 0 Å². The number of ether oxygens (including phenoxy) is 4. The Morgan fingerprint density at radius 1 is 0.736 bits per heavy atom. The molecule has 8 saturated carbocycles. The third kappa shape index (κ3) is 7.13. The summed E-state index contributed by atoms with van der Waals surface area (Å²) in [5.74, 6) is 0.374. The fourth-order valence-electron chi connectivity index (χ4n) is 14.1. The van der Waals surface area contributed by atoms with Gasteiger partial charge in [-0.3, -0.25) is 14.4 Å². The van der Waals surface area contributed by atoms with Gasteiger partial charge in [0.25, 0.3) is 0 Å². The van der Waals surface area contributed by atoms with E-state index in [9.17, 15) is 24.6 Å². The zero-order valence-corrected chi connectivity index (χ0v) is 34.2. The number of hydrogen-bond acceptors (Lipinski definition) is 9. The number of carbonyl (C=O) groups is 3. The van der Waals surface area contributed by atoms with Crippen LogP contribution in [-0.4, -0.2) is 63.4 Å². The average Bonchev–Trinajstić information content (AvgIpc) is 3.02. The molecule has 300 valence electrons. The Morgan fingerprint density at radius 3 is 1.79 bits per heavy atom. The van der Waals surface area contributed by atoms with Crippen LogP contribution in [0, 0.1) is 51.2 Å². The Balaban J connectivity index is 1.17. The first-order valence-electron chi connectivity index (χ1n) is 21.3. The predicted molar refractivity (Wildman–Crippen MR) is 199 cm³/mol. The highest BCUT2D eigenvalue weighted by molar-refractivity contribution is 5.83. The molecule has 9 rings (SSSR count). The van der Waals surface area contributed by atoms with E-state index in [1.807, 2.05) is 34.6 Å². The van der Waals surface area contributed by atoms with Gasteiger partial charge in [-0.25, -0.2) is 0 Å². The van der Waals surface area contributed by atoms with Crippen LogP contribution in [0.1, 0.15) is 171 Å². The molecule has 8 bridgehead atoms. The van der Waals surface area contributed by atoms with Crippen molar-refractivity contribution in [2.24, 2.45) is 51.2 Å². The molecule has 53 heavy (non-hydrogen) atoms. The van der Waals surface area contributed by atoms with Gasteiger partial charge < -0.3 is 29.2 Å². The summed E-state index contributed by atoms with van der Waals surface area (Å²) in [4.78, 5) is 43.7. The van der Waals surface area contributed by atoms with Gasteiger partial charge in [0.1, 0.15) is 11.2 Å². The number of rotatable bonds is 13. The summed E-state index contributed by atoms with van der Waals surface area (Å²) in [5, 5.41) is 23.2. The lowest BCUT2D eigenvalue weighted by atomic mass is 9.43. The van der Waals surface area contributed by atoms with Gasteiger partial charge in [0, 0.05) is 18.3 Å². The number of esters is 3. The SMILES string of the molecule is CCC(C)(CC(C)(CC(C)(C)C(=O)OC1CCCCO1)C(=O)OC12CC3CC(CC(O)(C3)C1)C2)C(=O)OC(C)(C(C)C)C12CC3CC(CC(O)(C3)C1)C2. The number of carbonyl (C=O) groups excluding carboxylic acids is 3. The van der Waals surface area contributed by atoms with Crippen molar-refractivity contribution in [2.45, 2.75) is 200 Å². The van der Waals surface area contributed by atoms with E-state index in [0.717, 1.165) is 77.0 Å². The summed E-state index contributed by atoms with van der Waals surface area (Å²) in [7, 11) is 0. The van der Waals surface area contributed by atoms with Crippen molar-refractivity contribution in [3.63, 3.8) is 0 Å². The molecule has 8 unspecified atom stereocenters. The molecule has 0 aromatic heterocycles. The largest absolute Gasteiger partial charge is 0.459 e. The molecule has 0 spiro atoms. The molecular formula is C44H70O9. The van der Waals surface area contributed by atoms with Gasteiger partial charge in [0.2, 0.25) is 6.29 Å². The Kier molecular flexibility index (Phi) is 9.83. The van der Waals surface area contributed by atoms with Crippen molar-refractivity contribution in [1.82, 2.24) is 0 Å². The van der Waals surface area contributed by atoms with Gasteiger partial charge in [-0.15, -0.1) is 0 Å². The third-order valence-corrected chi connectivity index (χ3v) is 16.1. The fourth-order valence-corrected chi connectivity index (χ4v) is 14.1. The van der Waals surface area contributed by atoms with Crippen LogP contribution in [0.4, 0.5) is 0 Å². The molecule has 0 aromatic carbocycles. The maximum atomic E-state index is 15.0. The van der Waals surface area contributed by atoms with E-state index in [4.69, 9.17) is 18.9 Å². The van der Waals surface area contributed by atoms with Crippen molar-refractivity contribution >= 4 is 17.9 Å². The maximum Gasteiger partial charge on any atom is 0.313 e. The van der Waals surface area contributed by atoms with Gasteiger partial charge in [0.15, 0.2) is 0 Å². The molecule has 0 radical (unpaired) electrons. The minimum Gasteiger partial charge on any atom is -0.459 e. The number of hydrogen-bond donors (Lipinski definition) is 2. The summed E-state index contributed by atoms with van der Waals surface area (Å²) >= 11 is 0. The molecule has 9 heteroatoms. The van der Waals surface area contributed by atoms with E-state index < -0.39 is 56.9 Å². The molecular weight excluding hydrogens is 672 g/mol. The molecule has 1 aliphatic heterocycles. The van der Waals surface area contributed by atoms with Gasteiger partial charge in [0.05, 0.1) is 34.1 Å². The number of aliphatic hydroxyl groups is 2. The predicted octanol–water partition coefficient (Wildman–Crippen LogP) is 8.20. The lowest BCUT2D eigenvalue weighted by Crippen LogP contribution is -2.65. The van der Waals surface area contributed by atoms with Crippen molar-refractivity contribution < 1.29 is 43.5 Å². The van der Waals surface area contributed by atoms with Crippen molar-refractivity contribution in [3.05, 3.63) is 0 Å². The molecule has 9 fully saturated rings. The van der Waals surface area contributed by atoms with Crippen molar-refractivity contribution in [3.8, 4) is 0 Å². The van der Waals surface area contributed by atoms with E-state index in [2.05, 4.69) is 20.8 Å². The van der Waals surface area contributed by atoms with Crippen LogP contribution in [0.5, 0.6) is 0 Å². The van der Waals surface area contributed by atoms with Gasteiger partial charge >= 0.3 is 17.9 Å². The van der Waals surface area contributed by atoms with Crippen LogP contribution in [0.2, 0.25) is 0 Å². The lowest BCUT2D eigenvalue weighted by molar-refractivity contribution is -0.252. The first-order valence-corrected chi connectivity index (χ1v) is 21.3.